The molecule has 2 atom stereocenters. The van der Waals surface area contributed by atoms with Gasteiger partial charge in [-0.05, 0) is 0 Å². The molecule has 0 radical (unpaired) electrons. The second-order valence-electron chi connectivity index (χ2n) is 19.0. The molecule has 2 aliphatic heterocycles. The van der Waals surface area contributed by atoms with Gasteiger partial charge in [0.15, 0.2) is 0 Å². The average molecular weight is 800 g/mol. The third-order valence-corrected chi connectivity index (χ3v) is 310. The van der Waals surface area contributed by atoms with Gasteiger partial charge in [-0.25, -0.2) is 0 Å². The molecule has 2 aliphatic rings. The molecule has 2 saturated heterocycles. The quantitative estimate of drug-likeness (QED) is 0.185. The Labute approximate surface area is 301 Å². The maximum Gasteiger partial charge on any atom is 0.0960 e. The molecule has 0 amide bonds. The van der Waals surface area contributed by atoms with E-state index in [2.05, 4.69) is 213 Å². The van der Waals surface area contributed by atoms with E-state index in [1.807, 2.05) is 20.7 Å². The van der Waals surface area contributed by atoms with Crippen molar-refractivity contribution >= 4 is 90.9 Å². The second kappa shape index (κ2) is 11.3. The summed E-state index contributed by atoms with van der Waals surface area (Å²) in [6.07, 6.45) is 0. The molecule has 4 aromatic carbocycles. The molecule has 10 heteroatoms. The summed E-state index contributed by atoms with van der Waals surface area (Å²) in [5.41, 5.74) is 0. The third-order valence-electron chi connectivity index (χ3n) is 18.0. The first-order valence-corrected chi connectivity index (χ1v) is 56.4. The van der Waals surface area contributed by atoms with Crippen LogP contribution >= 0.6 is 0 Å². The summed E-state index contributed by atoms with van der Waals surface area (Å²) in [6.45, 7) is 39.0. The molecule has 0 aliphatic carbocycles. The first kappa shape index (κ1) is 36.8. The summed E-state index contributed by atoms with van der Waals surface area (Å²) < 4.78 is 0. The summed E-state index contributed by atoms with van der Waals surface area (Å²) in [5, 5.41) is 7.51. The van der Waals surface area contributed by atoms with E-state index in [-0.39, 0.29) is 0 Å². The Morgan fingerprint density at radius 1 is 0.229 bits per heavy atom. The van der Waals surface area contributed by atoms with Gasteiger partial charge in [0.2, 0.25) is 0 Å². The van der Waals surface area contributed by atoms with E-state index in [0.717, 1.165) is 0 Å². The van der Waals surface area contributed by atoms with Gasteiger partial charge in [-0.1, -0.05) is 234 Å². The molecular weight excluding hydrogens is 737 g/mol. The molecule has 2 heterocycles. The van der Waals surface area contributed by atoms with Gasteiger partial charge in [0.05, 0.1) is 14.2 Å². The lowest BCUT2D eigenvalue weighted by Gasteiger charge is -2.87. The number of benzene rings is 4. The summed E-state index contributed by atoms with van der Waals surface area (Å²) in [4.78, 5) is 0. The van der Waals surface area contributed by atoms with Gasteiger partial charge in [0.1, 0.15) is 0 Å². The average Bonchev–Trinajstić information content (AvgIpc) is 3.05. The van der Waals surface area contributed by atoms with Crippen LogP contribution in [0.5, 0.6) is 0 Å². The Kier molecular flexibility index (Phi) is 8.65. The highest BCUT2D eigenvalue weighted by Gasteiger charge is 2.94. The highest BCUT2D eigenvalue weighted by molar-refractivity contribution is 8.38. The minimum absolute atomic E-state index is 1.61. The van der Waals surface area contributed by atoms with Crippen LogP contribution in [0.15, 0.2) is 121 Å². The van der Waals surface area contributed by atoms with E-state index in [9.17, 15) is 0 Å². The number of rotatable bonds is 4. The first-order valence-electron chi connectivity index (χ1n) is 18.4. The zero-order valence-electron chi connectivity index (χ0n) is 32.5. The van der Waals surface area contributed by atoms with Gasteiger partial charge in [0, 0.05) is 55.9 Å². The lowest BCUT2D eigenvalue weighted by Crippen LogP contribution is -3.22. The molecule has 0 unspecified atom stereocenters. The summed E-state index contributed by atoms with van der Waals surface area (Å²) >= 11 is 0. The molecule has 0 nitrogen and oxygen atoms in total. The molecule has 6 rings (SSSR count). The van der Waals surface area contributed by atoms with Crippen molar-refractivity contribution in [1.29, 1.82) is 0 Å². The molecule has 2 fully saturated rings. The van der Waals surface area contributed by atoms with E-state index < -0.39 is 70.1 Å². The van der Waals surface area contributed by atoms with Crippen LogP contribution in [0.25, 0.3) is 0 Å². The van der Waals surface area contributed by atoms with Crippen molar-refractivity contribution in [2.24, 2.45) is 0 Å². The van der Waals surface area contributed by atoms with Crippen LogP contribution < -0.4 is 20.7 Å². The SMILES string of the molecule is C[Si]1(C)[Si](C)(C)[Si](C)(C)[Si@@]2(C)[Si](c3ccccc3)(c3ccccc3)[Si](C)(C)[Si](C)(C)[Si](c3ccccc3)(c3ccccc3)[Si@]2(C)[Si]1(C)C. The van der Waals surface area contributed by atoms with Crippen molar-refractivity contribution in [1.82, 2.24) is 0 Å². The summed E-state index contributed by atoms with van der Waals surface area (Å²) in [7, 11) is -15.5. The zero-order chi connectivity index (χ0) is 35.5. The van der Waals surface area contributed by atoms with Crippen molar-refractivity contribution in [3.8, 4) is 0 Å². The zero-order valence-corrected chi connectivity index (χ0v) is 42.5. The van der Waals surface area contributed by atoms with Crippen molar-refractivity contribution in [2.75, 3.05) is 0 Å². The molecule has 0 saturated carbocycles. The van der Waals surface area contributed by atoms with Gasteiger partial charge in [0.25, 0.3) is 0 Å². The van der Waals surface area contributed by atoms with Crippen molar-refractivity contribution in [3.05, 3.63) is 121 Å². The Morgan fingerprint density at radius 2 is 0.417 bits per heavy atom. The van der Waals surface area contributed by atoms with Gasteiger partial charge >= 0.3 is 0 Å². The van der Waals surface area contributed by atoms with Crippen LogP contribution in [0, 0.1) is 0 Å². The molecule has 4 aromatic rings. The van der Waals surface area contributed by atoms with E-state index >= 15 is 0 Å². The molecule has 0 spiro atoms. The molecular formula is C38H62Si10. The predicted molar refractivity (Wildman–Crippen MR) is 244 cm³/mol. The fraction of sp³-hybridized carbons (Fsp3) is 0.368. The molecule has 48 heavy (non-hydrogen) atoms. The summed E-state index contributed by atoms with van der Waals surface area (Å²) in [6, 6.07) is 50.7. The first-order chi connectivity index (χ1) is 22.2. The monoisotopic (exact) mass is 798 g/mol. The van der Waals surface area contributed by atoms with Gasteiger partial charge in [-0.15, -0.1) is 0 Å². The largest absolute Gasteiger partial charge is 0.0960 e. The van der Waals surface area contributed by atoms with E-state index in [4.69, 9.17) is 0 Å². The van der Waals surface area contributed by atoms with Crippen LogP contribution in [-0.4, -0.2) is 70.1 Å². The van der Waals surface area contributed by atoms with Crippen LogP contribution in [0.2, 0.25) is 91.7 Å². The standard InChI is InChI=1S/C38H62Si10/c1-39(2)40(3,4)42(7,8)46(14)45(13,41(39,5)6)47(35-27-19-15-20-28-35,36-29-21-16-22-30-36)43(9,10)44(11,12)48(46,37-31-23-17-24-32-37)38-33-25-18-26-34-38/h15-34H,1-14H3/t45-,46-/m1/s1. The third kappa shape index (κ3) is 3.68. The highest BCUT2D eigenvalue weighted by Crippen LogP contribution is 2.62. The Bertz CT molecular complexity index is 1590. The lowest BCUT2D eigenvalue weighted by atomic mass is 10.4. The number of hydrogen-bond donors (Lipinski definition) is 0. The molecule has 0 aromatic heterocycles. The predicted octanol–water partition coefficient (Wildman–Crippen LogP) is 7.81. The number of hydrogen-bond acceptors (Lipinski definition) is 0. The maximum absolute atomic E-state index is 3.26. The molecule has 0 N–H and O–H groups in total. The van der Waals surface area contributed by atoms with Gasteiger partial charge < -0.3 is 0 Å². The Balaban J connectivity index is 2.04. The van der Waals surface area contributed by atoms with E-state index in [1.165, 1.54) is 0 Å². The van der Waals surface area contributed by atoms with Crippen LogP contribution in [0.1, 0.15) is 0 Å². The Hall–Kier alpha value is -0.951. The van der Waals surface area contributed by atoms with Crippen LogP contribution in [0.3, 0.4) is 0 Å². The van der Waals surface area contributed by atoms with Gasteiger partial charge in [-0.3, -0.25) is 0 Å². The number of fused-ring (bicyclic) bond motifs is 1. The normalized spacial score (nSPS) is 29.7. The fourth-order valence-electron chi connectivity index (χ4n) is 13.6. The molecule has 0 bridgehead atoms. The smallest absolute Gasteiger partial charge is 0.0748 e. The highest BCUT2D eigenvalue weighted by atomic mass is 30.5. The minimum Gasteiger partial charge on any atom is -0.0748 e. The topological polar surface area (TPSA) is 0 Å². The second-order valence-corrected chi connectivity index (χ2v) is 141. The molecule has 254 valence electrons. The summed E-state index contributed by atoms with van der Waals surface area (Å²) in [5.74, 6) is 0. The van der Waals surface area contributed by atoms with E-state index in [0.29, 0.717) is 0 Å². The van der Waals surface area contributed by atoms with E-state index in [1.54, 1.807) is 0 Å². The van der Waals surface area contributed by atoms with Crippen molar-refractivity contribution in [3.63, 3.8) is 0 Å². The maximum atomic E-state index is 3.26. The lowest BCUT2D eigenvalue weighted by molar-refractivity contribution is 1.69. The van der Waals surface area contributed by atoms with Crippen LogP contribution in [0.4, 0.5) is 0 Å². The Morgan fingerprint density at radius 3 is 0.604 bits per heavy atom. The van der Waals surface area contributed by atoms with Gasteiger partial charge in [-0.2, -0.15) is 0 Å². The van der Waals surface area contributed by atoms with Crippen molar-refractivity contribution in [2.45, 2.75) is 91.7 Å². The minimum atomic E-state index is -2.30. The fourth-order valence-corrected chi connectivity index (χ4v) is 601. The van der Waals surface area contributed by atoms with Crippen molar-refractivity contribution < 1.29 is 0 Å². The van der Waals surface area contributed by atoms with Crippen LogP contribution in [-0.2, 0) is 0 Å².